The van der Waals surface area contributed by atoms with E-state index in [0.717, 1.165) is 25.7 Å². The zero-order valence-electron chi connectivity index (χ0n) is 11.7. The third-order valence-corrected chi connectivity index (χ3v) is 5.36. The fourth-order valence-corrected chi connectivity index (χ4v) is 4.02. The molecule has 0 aromatic carbocycles. The number of anilines is 1. The Morgan fingerprint density at radius 3 is 2.85 bits per heavy atom. The van der Waals surface area contributed by atoms with Crippen LogP contribution >= 0.6 is 0 Å². The summed E-state index contributed by atoms with van der Waals surface area (Å²) in [6.45, 7) is 2.22. The summed E-state index contributed by atoms with van der Waals surface area (Å²) in [6, 6.07) is 1.54. The van der Waals surface area contributed by atoms with Crippen LogP contribution in [0.25, 0.3) is 0 Å². The van der Waals surface area contributed by atoms with Crippen LogP contribution in [0.3, 0.4) is 0 Å². The van der Waals surface area contributed by atoms with Gasteiger partial charge in [0, 0.05) is 18.4 Å². The first-order chi connectivity index (χ1) is 9.53. The van der Waals surface area contributed by atoms with Crippen LogP contribution in [0.5, 0.6) is 0 Å². The van der Waals surface area contributed by atoms with E-state index >= 15 is 0 Å². The van der Waals surface area contributed by atoms with Crippen molar-refractivity contribution in [2.24, 2.45) is 11.8 Å². The van der Waals surface area contributed by atoms with Gasteiger partial charge in [-0.1, -0.05) is 19.8 Å². The molecule has 7 heteroatoms. The zero-order chi connectivity index (χ0) is 14.6. The van der Waals surface area contributed by atoms with Crippen LogP contribution in [0.2, 0.25) is 0 Å². The van der Waals surface area contributed by atoms with Crippen molar-refractivity contribution in [3.8, 4) is 0 Å². The van der Waals surface area contributed by atoms with Gasteiger partial charge in [0.1, 0.15) is 4.90 Å². The highest BCUT2D eigenvalue weighted by Gasteiger charge is 2.24. The summed E-state index contributed by atoms with van der Waals surface area (Å²) in [5, 5.41) is 0. The summed E-state index contributed by atoms with van der Waals surface area (Å²) in [4.78, 5) is 3.97. The van der Waals surface area contributed by atoms with Crippen LogP contribution in [-0.2, 0) is 10.0 Å². The van der Waals surface area contributed by atoms with E-state index in [1.165, 1.54) is 18.8 Å². The molecule has 2 atom stereocenters. The summed E-state index contributed by atoms with van der Waals surface area (Å²) in [5.74, 6) is 6.02. The topological polar surface area (TPSA) is 97.1 Å². The quantitative estimate of drug-likeness (QED) is 0.446. The fraction of sp³-hybridized carbons (Fsp3) is 0.615. The molecule has 1 aliphatic carbocycles. The monoisotopic (exact) mass is 298 g/mol. The molecule has 1 aliphatic rings. The van der Waals surface area contributed by atoms with Gasteiger partial charge in [-0.15, -0.1) is 0 Å². The van der Waals surface area contributed by atoms with Crippen molar-refractivity contribution in [2.75, 3.05) is 5.43 Å². The van der Waals surface area contributed by atoms with Crippen LogP contribution in [0.15, 0.2) is 23.4 Å². The van der Waals surface area contributed by atoms with Gasteiger partial charge in [0.25, 0.3) is 0 Å². The maximum absolute atomic E-state index is 12.4. The summed E-state index contributed by atoms with van der Waals surface area (Å²) in [5.41, 5.74) is 2.76. The van der Waals surface area contributed by atoms with Crippen LogP contribution in [0, 0.1) is 5.92 Å². The molecule has 0 amide bonds. The largest absolute Gasteiger partial charge is 0.323 e. The van der Waals surface area contributed by atoms with Gasteiger partial charge in [0.05, 0.1) is 5.69 Å². The summed E-state index contributed by atoms with van der Waals surface area (Å²) in [6.07, 6.45) is 7.87. The molecule has 1 aromatic heterocycles. The van der Waals surface area contributed by atoms with Crippen molar-refractivity contribution in [3.05, 3.63) is 18.5 Å². The Bertz CT molecular complexity index is 547. The molecule has 0 aliphatic heterocycles. The lowest BCUT2D eigenvalue weighted by molar-refractivity contribution is 0.484. The van der Waals surface area contributed by atoms with E-state index in [9.17, 15) is 8.42 Å². The smallest absolute Gasteiger partial charge is 0.244 e. The number of nitrogens with one attached hydrogen (secondary N) is 2. The maximum atomic E-state index is 12.4. The average molecular weight is 298 g/mol. The van der Waals surface area contributed by atoms with Gasteiger partial charge in [-0.05, 0) is 31.2 Å². The molecule has 112 valence electrons. The number of pyridine rings is 1. The molecule has 1 fully saturated rings. The number of hydrogen-bond donors (Lipinski definition) is 3. The van der Waals surface area contributed by atoms with Gasteiger partial charge in [0.15, 0.2) is 0 Å². The van der Waals surface area contributed by atoms with Crippen LogP contribution in [0.1, 0.15) is 39.0 Å². The molecule has 0 saturated heterocycles. The number of nitrogens with two attached hydrogens (primary N) is 1. The molecule has 1 aromatic rings. The Hall–Kier alpha value is -1.18. The molecule has 0 spiro atoms. The average Bonchev–Trinajstić information content (AvgIpc) is 2.63. The predicted molar refractivity (Wildman–Crippen MR) is 78.4 cm³/mol. The number of nitrogens with zero attached hydrogens (tertiary/aromatic N) is 1. The van der Waals surface area contributed by atoms with E-state index in [1.807, 2.05) is 0 Å². The molecule has 4 N–H and O–H groups in total. The van der Waals surface area contributed by atoms with Crippen molar-refractivity contribution in [1.82, 2.24) is 9.71 Å². The highest BCUT2D eigenvalue weighted by Crippen LogP contribution is 2.25. The molecule has 0 radical (unpaired) electrons. The lowest BCUT2D eigenvalue weighted by Crippen LogP contribution is -2.35. The molecule has 2 rings (SSSR count). The Labute approximate surface area is 120 Å². The van der Waals surface area contributed by atoms with E-state index in [4.69, 9.17) is 5.84 Å². The third kappa shape index (κ3) is 3.68. The van der Waals surface area contributed by atoms with Gasteiger partial charge < -0.3 is 5.43 Å². The molecule has 2 unspecified atom stereocenters. The normalized spacial score (nSPS) is 24.1. The van der Waals surface area contributed by atoms with Crippen molar-refractivity contribution in [2.45, 2.75) is 50.0 Å². The van der Waals surface area contributed by atoms with E-state index < -0.39 is 10.0 Å². The van der Waals surface area contributed by atoms with E-state index in [-0.39, 0.29) is 10.9 Å². The second-order valence-electron chi connectivity index (χ2n) is 5.45. The van der Waals surface area contributed by atoms with E-state index in [2.05, 4.69) is 22.1 Å². The molecule has 1 saturated carbocycles. The second kappa shape index (κ2) is 6.51. The first-order valence-corrected chi connectivity index (χ1v) is 8.44. The number of sulfonamides is 1. The minimum atomic E-state index is -3.59. The van der Waals surface area contributed by atoms with E-state index in [0.29, 0.717) is 11.6 Å². The summed E-state index contributed by atoms with van der Waals surface area (Å²) in [7, 11) is -3.59. The molecule has 6 nitrogen and oxygen atoms in total. The number of nitrogen functional groups attached to an aromatic ring is 1. The molecular weight excluding hydrogens is 276 g/mol. The number of hydrogen-bond acceptors (Lipinski definition) is 5. The molecule has 20 heavy (non-hydrogen) atoms. The minimum absolute atomic E-state index is 0.00391. The van der Waals surface area contributed by atoms with Gasteiger partial charge in [-0.25, -0.2) is 13.1 Å². The molecule has 0 bridgehead atoms. The van der Waals surface area contributed by atoms with E-state index in [1.54, 1.807) is 6.07 Å². The Morgan fingerprint density at radius 2 is 2.10 bits per heavy atom. The van der Waals surface area contributed by atoms with Crippen molar-refractivity contribution in [3.63, 3.8) is 0 Å². The Kier molecular flexibility index (Phi) is 4.95. The van der Waals surface area contributed by atoms with Crippen LogP contribution in [0.4, 0.5) is 5.69 Å². The highest BCUT2D eigenvalue weighted by atomic mass is 32.2. The standard InChI is InChI=1S/C13H22N4O2S/c1-10-3-2-4-11(6-5-10)17-20(18,19)13-9-15-8-7-12(13)16-14/h7-11,17H,2-6,14H2,1H3,(H,15,16). The van der Waals surface area contributed by atoms with Crippen molar-refractivity contribution in [1.29, 1.82) is 0 Å². The minimum Gasteiger partial charge on any atom is -0.323 e. The van der Waals surface area contributed by atoms with Gasteiger partial charge >= 0.3 is 0 Å². The Balaban J connectivity index is 2.14. The first kappa shape index (κ1) is 15.2. The SMILES string of the molecule is CC1CCCC(NS(=O)(=O)c2cnccc2NN)CC1. The highest BCUT2D eigenvalue weighted by molar-refractivity contribution is 7.89. The lowest BCUT2D eigenvalue weighted by Gasteiger charge is -2.17. The zero-order valence-corrected chi connectivity index (χ0v) is 12.5. The molecule has 1 heterocycles. The Morgan fingerprint density at radius 1 is 1.30 bits per heavy atom. The lowest BCUT2D eigenvalue weighted by atomic mass is 10.0. The molecular formula is C13H22N4O2S. The second-order valence-corrected chi connectivity index (χ2v) is 7.13. The van der Waals surface area contributed by atoms with Gasteiger partial charge in [-0.3, -0.25) is 10.8 Å². The summed E-state index contributed by atoms with van der Waals surface area (Å²) >= 11 is 0. The van der Waals surface area contributed by atoms with Crippen LogP contribution in [-0.4, -0.2) is 19.4 Å². The maximum Gasteiger partial charge on any atom is 0.244 e. The van der Waals surface area contributed by atoms with Gasteiger partial charge in [0.2, 0.25) is 10.0 Å². The number of hydrazine groups is 1. The first-order valence-electron chi connectivity index (χ1n) is 6.96. The number of aromatic nitrogens is 1. The van der Waals surface area contributed by atoms with Gasteiger partial charge in [-0.2, -0.15) is 0 Å². The fourth-order valence-electron chi connectivity index (χ4n) is 2.60. The number of rotatable bonds is 4. The summed E-state index contributed by atoms with van der Waals surface area (Å²) < 4.78 is 27.6. The van der Waals surface area contributed by atoms with Crippen molar-refractivity contribution >= 4 is 15.7 Å². The predicted octanol–water partition coefficient (Wildman–Crippen LogP) is 1.61. The van der Waals surface area contributed by atoms with Crippen LogP contribution < -0.4 is 16.0 Å². The van der Waals surface area contributed by atoms with Crippen molar-refractivity contribution < 1.29 is 8.42 Å². The third-order valence-electron chi connectivity index (χ3n) is 3.81.